The van der Waals surface area contributed by atoms with Crippen molar-refractivity contribution in [1.82, 2.24) is 14.4 Å². The van der Waals surface area contributed by atoms with Gasteiger partial charge in [0, 0.05) is 36.3 Å². The van der Waals surface area contributed by atoms with Crippen molar-refractivity contribution in [1.29, 1.82) is 0 Å². The fraction of sp³-hybridized carbons (Fsp3) is 0.133. The van der Waals surface area contributed by atoms with Gasteiger partial charge in [-0.25, -0.2) is 4.98 Å². The monoisotopic (exact) mass is 267 g/mol. The van der Waals surface area contributed by atoms with E-state index in [1.807, 2.05) is 35.0 Å². The number of hydrogen-bond acceptors (Lipinski definition) is 4. The molecule has 0 saturated heterocycles. The molecule has 5 heteroatoms. The first-order valence-corrected chi connectivity index (χ1v) is 6.29. The van der Waals surface area contributed by atoms with Crippen molar-refractivity contribution >= 4 is 11.9 Å². The highest BCUT2D eigenvalue weighted by Gasteiger charge is 2.03. The zero-order chi connectivity index (χ0) is 13.8. The summed E-state index contributed by atoms with van der Waals surface area (Å²) in [6, 6.07) is 7.55. The Morgan fingerprint density at radius 3 is 2.95 bits per heavy atom. The Balaban J connectivity index is 1.72. The molecule has 0 aliphatic carbocycles. The molecular weight excluding hydrogens is 254 g/mol. The van der Waals surface area contributed by atoms with Crippen LogP contribution in [0.4, 0.5) is 0 Å². The molecule has 0 fully saturated rings. The smallest absolute Gasteiger partial charge is 0.143 e. The minimum Gasteiger partial charge on any atom is -0.487 e. The topological polar surface area (TPSA) is 56.5 Å². The Morgan fingerprint density at radius 1 is 1.20 bits per heavy atom. The molecular formula is C15H13N3O2. The van der Waals surface area contributed by atoms with Crippen LogP contribution in [0.5, 0.6) is 5.75 Å². The van der Waals surface area contributed by atoms with E-state index < -0.39 is 0 Å². The minimum atomic E-state index is 0.327. The van der Waals surface area contributed by atoms with Gasteiger partial charge in [-0.15, -0.1) is 0 Å². The standard InChI is InChI=1S/C15H13N3O2/c19-9-5-13-3-4-14(10-17-13)20-11-12-2-1-7-18-8-6-16-15(12)18/h1-4,6-10H,5,11H2. The molecule has 0 amide bonds. The van der Waals surface area contributed by atoms with Gasteiger partial charge in [-0.1, -0.05) is 6.07 Å². The van der Waals surface area contributed by atoms with Gasteiger partial charge in [0.15, 0.2) is 0 Å². The average Bonchev–Trinajstić information content (AvgIpc) is 2.96. The van der Waals surface area contributed by atoms with Crippen molar-refractivity contribution in [3.63, 3.8) is 0 Å². The van der Waals surface area contributed by atoms with Crippen molar-refractivity contribution in [2.75, 3.05) is 0 Å². The van der Waals surface area contributed by atoms with Gasteiger partial charge < -0.3 is 13.9 Å². The first-order chi connectivity index (χ1) is 9.86. The fourth-order valence-electron chi connectivity index (χ4n) is 1.98. The van der Waals surface area contributed by atoms with E-state index in [4.69, 9.17) is 4.74 Å². The number of nitrogens with zero attached hydrogens (tertiary/aromatic N) is 3. The van der Waals surface area contributed by atoms with Crippen LogP contribution in [-0.4, -0.2) is 20.7 Å². The Kier molecular flexibility index (Phi) is 3.41. The Morgan fingerprint density at radius 2 is 2.15 bits per heavy atom. The van der Waals surface area contributed by atoms with Crippen LogP contribution in [0, 0.1) is 0 Å². The van der Waals surface area contributed by atoms with E-state index in [0.29, 0.717) is 18.8 Å². The van der Waals surface area contributed by atoms with Crippen molar-refractivity contribution < 1.29 is 9.53 Å². The fourth-order valence-corrected chi connectivity index (χ4v) is 1.98. The molecule has 0 N–H and O–H groups in total. The second-order valence-electron chi connectivity index (χ2n) is 4.34. The number of aldehydes is 1. The SMILES string of the molecule is O=CCc1ccc(OCc2cccn3ccnc23)cn1. The molecule has 0 aliphatic rings. The van der Waals surface area contributed by atoms with Crippen LogP contribution in [0.3, 0.4) is 0 Å². The molecule has 0 aromatic carbocycles. The maximum atomic E-state index is 10.4. The van der Waals surface area contributed by atoms with Gasteiger partial charge in [0.1, 0.15) is 24.3 Å². The van der Waals surface area contributed by atoms with Crippen molar-refractivity contribution in [2.24, 2.45) is 0 Å². The molecule has 0 radical (unpaired) electrons. The van der Waals surface area contributed by atoms with Crippen molar-refractivity contribution in [3.8, 4) is 5.75 Å². The number of ether oxygens (including phenoxy) is 1. The van der Waals surface area contributed by atoms with Gasteiger partial charge in [0.05, 0.1) is 6.20 Å². The summed E-state index contributed by atoms with van der Waals surface area (Å²) in [5.74, 6) is 0.674. The van der Waals surface area contributed by atoms with Gasteiger partial charge in [-0.2, -0.15) is 0 Å². The van der Waals surface area contributed by atoms with Gasteiger partial charge in [-0.3, -0.25) is 4.98 Å². The number of fused-ring (bicyclic) bond motifs is 1. The number of carbonyl (C=O) groups is 1. The molecule has 100 valence electrons. The van der Waals surface area contributed by atoms with Gasteiger partial charge >= 0.3 is 0 Å². The van der Waals surface area contributed by atoms with Crippen LogP contribution in [-0.2, 0) is 17.8 Å². The van der Waals surface area contributed by atoms with E-state index in [9.17, 15) is 4.79 Å². The second-order valence-corrected chi connectivity index (χ2v) is 4.34. The van der Waals surface area contributed by atoms with Crippen LogP contribution >= 0.6 is 0 Å². The molecule has 0 bridgehead atoms. The summed E-state index contributed by atoms with van der Waals surface area (Å²) in [4.78, 5) is 18.8. The van der Waals surface area contributed by atoms with Gasteiger partial charge in [0.25, 0.3) is 0 Å². The Labute approximate surface area is 115 Å². The molecule has 3 heterocycles. The summed E-state index contributed by atoms with van der Waals surface area (Å²) in [6.45, 7) is 0.427. The minimum absolute atomic E-state index is 0.327. The lowest BCUT2D eigenvalue weighted by molar-refractivity contribution is -0.107. The number of carbonyl (C=O) groups excluding carboxylic acids is 1. The Bertz CT molecular complexity index is 719. The quantitative estimate of drug-likeness (QED) is 0.664. The van der Waals surface area contributed by atoms with Crippen LogP contribution in [0.15, 0.2) is 49.1 Å². The summed E-state index contributed by atoms with van der Waals surface area (Å²) in [6.07, 6.45) is 8.39. The molecule has 3 aromatic heterocycles. The summed E-state index contributed by atoms with van der Waals surface area (Å²) in [5.41, 5.74) is 2.63. The highest BCUT2D eigenvalue weighted by molar-refractivity contribution is 5.53. The van der Waals surface area contributed by atoms with E-state index in [0.717, 1.165) is 23.2 Å². The molecule has 0 unspecified atom stereocenters. The molecule has 0 spiro atoms. The third-order valence-electron chi connectivity index (χ3n) is 2.98. The van der Waals surface area contributed by atoms with E-state index >= 15 is 0 Å². The molecule has 3 aromatic rings. The second kappa shape index (κ2) is 5.52. The number of pyridine rings is 2. The molecule has 0 atom stereocenters. The lowest BCUT2D eigenvalue weighted by Gasteiger charge is -2.07. The first-order valence-electron chi connectivity index (χ1n) is 6.29. The Hall–Kier alpha value is -2.69. The van der Waals surface area contributed by atoms with E-state index in [1.165, 1.54) is 0 Å². The molecule has 5 nitrogen and oxygen atoms in total. The highest BCUT2D eigenvalue weighted by Crippen LogP contribution is 2.14. The van der Waals surface area contributed by atoms with E-state index in [1.54, 1.807) is 18.5 Å². The molecule has 20 heavy (non-hydrogen) atoms. The number of imidazole rings is 1. The number of hydrogen-bond donors (Lipinski definition) is 0. The van der Waals surface area contributed by atoms with E-state index in [2.05, 4.69) is 9.97 Å². The van der Waals surface area contributed by atoms with Crippen LogP contribution in [0.1, 0.15) is 11.3 Å². The maximum Gasteiger partial charge on any atom is 0.143 e. The normalized spacial score (nSPS) is 10.6. The zero-order valence-electron chi connectivity index (χ0n) is 10.8. The van der Waals surface area contributed by atoms with Crippen molar-refractivity contribution in [3.05, 3.63) is 60.3 Å². The molecule has 3 rings (SSSR count). The van der Waals surface area contributed by atoms with Crippen molar-refractivity contribution in [2.45, 2.75) is 13.0 Å². The van der Waals surface area contributed by atoms with Crippen LogP contribution in [0.25, 0.3) is 5.65 Å². The molecule has 0 aliphatic heterocycles. The first kappa shape index (κ1) is 12.3. The summed E-state index contributed by atoms with van der Waals surface area (Å²) in [5, 5.41) is 0. The third kappa shape index (κ3) is 2.51. The maximum absolute atomic E-state index is 10.4. The summed E-state index contributed by atoms with van der Waals surface area (Å²) in [7, 11) is 0. The van der Waals surface area contributed by atoms with Gasteiger partial charge in [0.2, 0.25) is 0 Å². The zero-order valence-corrected chi connectivity index (χ0v) is 10.8. The van der Waals surface area contributed by atoms with Crippen LogP contribution < -0.4 is 4.74 Å². The summed E-state index contributed by atoms with van der Waals surface area (Å²) >= 11 is 0. The molecule has 0 saturated carbocycles. The predicted octanol–water partition coefficient (Wildman–Crippen LogP) is 2.05. The van der Waals surface area contributed by atoms with E-state index in [-0.39, 0.29) is 0 Å². The lowest BCUT2D eigenvalue weighted by atomic mass is 10.3. The highest BCUT2D eigenvalue weighted by atomic mass is 16.5. The lowest BCUT2D eigenvalue weighted by Crippen LogP contribution is -1.99. The van der Waals surface area contributed by atoms with Crippen LogP contribution in [0.2, 0.25) is 0 Å². The summed E-state index contributed by atoms with van der Waals surface area (Å²) < 4.78 is 7.65. The largest absolute Gasteiger partial charge is 0.487 e. The van der Waals surface area contributed by atoms with Gasteiger partial charge in [-0.05, 0) is 18.2 Å². The number of rotatable bonds is 5. The predicted molar refractivity (Wildman–Crippen MR) is 73.5 cm³/mol. The average molecular weight is 267 g/mol. The number of aromatic nitrogens is 3. The third-order valence-corrected chi connectivity index (χ3v) is 2.98.